The highest BCUT2D eigenvalue weighted by molar-refractivity contribution is 7.90. The van der Waals surface area contributed by atoms with Gasteiger partial charge in [0.2, 0.25) is 0 Å². The number of nitrogens with two attached hydrogens (primary N) is 1. The molecule has 3 N–H and O–H groups in total. The Labute approximate surface area is 116 Å². The van der Waals surface area contributed by atoms with Gasteiger partial charge in [-0.05, 0) is 36.4 Å². The molecule has 0 atom stereocenters. The zero-order chi connectivity index (χ0) is 14.8. The molecule has 0 aliphatic heterocycles. The minimum absolute atomic E-state index is 0.198. The van der Waals surface area contributed by atoms with Gasteiger partial charge in [0.25, 0.3) is 5.91 Å². The van der Waals surface area contributed by atoms with Crippen LogP contribution in [0.25, 0.3) is 0 Å². The van der Waals surface area contributed by atoms with E-state index < -0.39 is 9.84 Å². The minimum atomic E-state index is -3.24. The average Bonchev–Trinajstić information content (AvgIpc) is 2.38. The summed E-state index contributed by atoms with van der Waals surface area (Å²) in [7, 11) is -3.24. The van der Waals surface area contributed by atoms with Crippen molar-refractivity contribution in [2.75, 3.05) is 17.3 Å². The Morgan fingerprint density at radius 1 is 1.20 bits per heavy atom. The predicted molar refractivity (Wildman–Crippen MR) is 76.2 cm³/mol. The van der Waals surface area contributed by atoms with Gasteiger partial charge in [0.15, 0.2) is 9.84 Å². The lowest BCUT2D eigenvalue weighted by Gasteiger charge is -2.06. The van der Waals surface area contributed by atoms with E-state index in [1.54, 1.807) is 0 Å². The van der Waals surface area contributed by atoms with E-state index in [4.69, 9.17) is 5.73 Å². The zero-order valence-electron chi connectivity index (χ0n) is 10.7. The van der Waals surface area contributed by atoms with Gasteiger partial charge in [-0.25, -0.2) is 13.4 Å². The monoisotopic (exact) mass is 291 g/mol. The van der Waals surface area contributed by atoms with Gasteiger partial charge in [-0.3, -0.25) is 4.79 Å². The number of hydrogen-bond acceptors (Lipinski definition) is 5. The van der Waals surface area contributed by atoms with Crippen molar-refractivity contribution in [3.8, 4) is 0 Å². The van der Waals surface area contributed by atoms with Gasteiger partial charge in [0.05, 0.1) is 4.90 Å². The second kappa shape index (κ2) is 5.30. The topological polar surface area (TPSA) is 102 Å². The molecule has 1 aromatic heterocycles. The molecule has 0 unspecified atom stereocenters. The maximum atomic E-state index is 11.9. The molecule has 1 heterocycles. The molecule has 2 aromatic rings. The molecule has 6 nitrogen and oxygen atoms in total. The minimum Gasteiger partial charge on any atom is -0.384 e. The van der Waals surface area contributed by atoms with Gasteiger partial charge in [-0.15, -0.1) is 0 Å². The van der Waals surface area contributed by atoms with E-state index in [2.05, 4.69) is 10.3 Å². The summed E-state index contributed by atoms with van der Waals surface area (Å²) in [5, 5.41) is 2.65. The molecule has 1 amide bonds. The SMILES string of the molecule is CS(=O)(=O)c1ccc(NC(=O)c2ccnc(N)c2)cc1. The first-order chi connectivity index (χ1) is 9.36. The van der Waals surface area contributed by atoms with Crippen LogP contribution in [0.3, 0.4) is 0 Å². The lowest BCUT2D eigenvalue weighted by atomic mass is 10.2. The van der Waals surface area contributed by atoms with Crippen LogP contribution in [0.5, 0.6) is 0 Å². The molecule has 0 saturated heterocycles. The number of rotatable bonds is 3. The highest BCUT2D eigenvalue weighted by Gasteiger charge is 2.09. The summed E-state index contributed by atoms with van der Waals surface area (Å²) in [6.07, 6.45) is 2.57. The fourth-order valence-corrected chi connectivity index (χ4v) is 2.21. The highest BCUT2D eigenvalue weighted by atomic mass is 32.2. The van der Waals surface area contributed by atoms with E-state index in [0.29, 0.717) is 11.3 Å². The van der Waals surface area contributed by atoms with Crippen LogP contribution in [0.2, 0.25) is 0 Å². The normalized spacial score (nSPS) is 11.1. The molecule has 0 aliphatic carbocycles. The maximum Gasteiger partial charge on any atom is 0.255 e. The summed E-state index contributed by atoms with van der Waals surface area (Å²) >= 11 is 0. The molecule has 7 heteroatoms. The number of carbonyl (C=O) groups is 1. The van der Waals surface area contributed by atoms with Crippen molar-refractivity contribution in [3.05, 3.63) is 48.2 Å². The average molecular weight is 291 g/mol. The Morgan fingerprint density at radius 3 is 2.40 bits per heavy atom. The fraction of sp³-hybridized carbons (Fsp3) is 0.0769. The first-order valence-electron chi connectivity index (χ1n) is 5.69. The third-order valence-corrected chi connectivity index (χ3v) is 3.71. The molecule has 0 bridgehead atoms. The first kappa shape index (κ1) is 14.0. The van der Waals surface area contributed by atoms with Crippen LogP contribution < -0.4 is 11.1 Å². The molecule has 104 valence electrons. The van der Waals surface area contributed by atoms with Gasteiger partial charge >= 0.3 is 0 Å². The molecule has 0 spiro atoms. The van der Waals surface area contributed by atoms with Crippen LogP contribution in [0.1, 0.15) is 10.4 Å². The van der Waals surface area contributed by atoms with Crippen LogP contribution >= 0.6 is 0 Å². The van der Waals surface area contributed by atoms with E-state index in [9.17, 15) is 13.2 Å². The Kier molecular flexibility index (Phi) is 3.71. The fourth-order valence-electron chi connectivity index (χ4n) is 1.58. The predicted octanol–water partition coefficient (Wildman–Crippen LogP) is 1.32. The molecule has 20 heavy (non-hydrogen) atoms. The zero-order valence-corrected chi connectivity index (χ0v) is 11.5. The summed E-state index contributed by atoms with van der Waals surface area (Å²) in [5.41, 5.74) is 6.38. The molecular weight excluding hydrogens is 278 g/mol. The van der Waals surface area contributed by atoms with Crippen molar-refractivity contribution < 1.29 is 13.2 Å². The van der Waals surface area contributed by atoms with E-state index in [0.717, 1.165) is 6.26 Å². The molecule has 1 aromatic carbocycles. The summed E-state index contributed by atoms with van der Waals surface area (Å²) < 4.78 is 22.6. The van der Waals surface area contributed by atoms with Crippen LogP contribution in [0, 0.1) is 0 Å². The first-order valence-corrected chi connectivity index (χ1v) is 7.58. The number of amides is 1. The van der Waals surface area contributed by atoms with Crippen LogP contribution in [0.4, 0.5) is 11.5 Å². The number of aromatic nitrogens is 1. The van der Waals surface area contributed by atoms with Crippen molar-refractivity contribution >= 4 is 27.2 Å². The number of sulfone groups is 1. The molecule has 0 radical (unpaired) electrons. The van der Waals surface area contributed by atoms with Gasteiger partial charge in [-0.2, -0.15) is 0 Å². The number of nitrogens with zero attached hydrogens (tertiary/aromatic N) is 1. The number of nitrogens with one attached hydrogen (secondary N) is 1. The summed E-state index contributed by atoms with van der Waals surface area (Å²) in [5.74, 6) is -0.0868. The van der Waals surface area contributed by atoms with Crippen molar-refractivity contribution in [2.24, 2.45) is 0 Å². The molecular formula is C13H13N3O3S. The lowest BCUT2D eigenvalue weighted by molar-refractivity contribution is 0.102. The van der Waals surface area contributed by atoms with Gasteiger partial charge < -0.3 is 11.1 Å². The van der Waals surface area contributed by atoms with Gasteiger partial charge in [0, 0.05) is 23.7 Å². The third kappa shape index (κ3) is 3.33. The van der Waals surface area contributed by atoms with E-state index in [1.165, 1.54) is 42.6 Å². The molecule has 0 saturated carbocycles. The number of anilines is 2. The van der Waals surface area contributed by atoms with Crippen molar-refractivity contribution in [2.45, 2.75) is 4.90 Å². The number of hydrogen-bond donors (Lipinski definition) is 2. The van der Waals surface area contributed by atoms with E-state index in [1.807, 2.05) is 0 Å². The Bertz CT molecular complexity index is 740. The Balaban J connectivity index is 2.16. The van der Waals surface area contributed by atoms with Crippen LogP contribution in [-0.2, 0) is 9.84 Å². The summed E-state index contributed by atoms with van der Waals surface area (Å²) in [4.78, 5) is 15.9. The standard InChI is InChI=1S/C13H13N3O3S/c1-20(18,19)11-4-2-10(3-5-11)16-13(17)9-6-7-15-12(14)8-9/h2-8H,1H3,(H2,14,15)(H,16,17). The van der Waals surface area contributed by atoms with E-state index >= 15 is 0 Å². The number of nitrogen functional groups attached to an aromatic ring is 1. The highest BCUT2D eigenvalue weighted by Crippen LogP contribution is 2.15. The quantitative estimate of drug-likeness (QED) is 0.888. The van der Waals surface area contributed by atoms with Crippen molar-refractivity contribution in [1.29, 1.82) is 0 Å². The second-order valence-corrected chi connectivity index (χ2v) is 6.24. The molecule has 0 aliphatic rings. The summed E-state index contributed by atoms with van der Waals surface area (Å²) in [6, 6.07) is 8.92. The Hall–Kier alpha value is -2.41. The Morgan fingerprint density at radius 2 is 1.85 bits per heavy atom. The van der Waals surface area contributed by atoms with Gasteiger partial charge in [-0.1, -0.05) is 0 Å². The molecule has 2 rings (SSSR count). The summed E-state index contributed by atoms with van der Waals surface area (Å²) in [6.45, 7) is 0. The number of pyridine rings is 1. The lowest BCUT2D eigenvalue weighted by Crippen LogP contribution is -2.12. The molecule has 0 fully saturated rings. The van der Waals surface area contributed by atoms with Crippen LogP contribution in [0.15, 0.2) is 47.5 Å². The number of benzene rings is 1. The van der Waals surface area contributed by atoms with E-state index in [-0.39, 0.29) is 16.6 Å². The van der Waals surface area contributed by atoms with Crippen molar-refractivity contribution in [1.82, 2.24) is 4.98 Å². The number of carbonyl (C=O) groups excluding carboxylic acids is 1. The largest absolute Gasteiger partial charge is 0.384 e. The second-order valence-electron chi connectivity index (χ2n) is 4.22. The maximum absolute atomic E-state index is 11.9. The van der Waals surface area contributed by atoms with Crippen molar-refractivity contribution in [3.63, 3.8) is 0 Å². The third-order valence-electron chi connectivity index (χ3n) is 2.58. The van der Waals surface area contributed by atoms with Crippen LogP contribution in [-0.4, -0.2) is 25.6 Å². The smallest absolute Gasteiger partial charge is 0.255 e. The van der Waals surface area contributed by atoms with Gasteiger partial charge in [0.1, 0.15) is 5.82 Å².